The number of halogens is 1. The van der Waals surface area contributed by atoms with Crippen molar-refractivity contribution in [1.82, 2.24) is 19.9 Å². The highest BCUT2D eigenvalue weighted by Gasteiger charge is 2.22. The van der Waals surface area contributed by atoms with Gasteiger partial charge in [-0.2, -0.15) is 5.10 Å². The SMILES string of the molecule is CCCNC(=O)c1cc(-c2ccccc2F)nc2cc(C(C)(C)C)nn12. The molecular formula is C20H23FN4O. The summed E-state index contributed by atoms with van der Waals surface area (Å²) in [4.78, 5) is 17.2. The molecule has 0 radical (unpaired) electrons. The lowest BCUT2D eigenvalue weighted by Crippen LogP contribution is -2.26. The van der Waals surface area contributed by atoms with Gasteiger partial charge in [0.05, 0.1) is 11.4 Å². The van der Waals surface area contributed by atoms with E-state index in [4.69, 9.17) is 0 Å². The van der Waals surface area contributed by atoms with E-state index in [2.05, 4.69) is 15.4 Å². The fourth-order valence-corrected chi connectivity index (χ4v) is 2.64. The fourth-order valence-electron chi connectivity index (χ4n) is 2.64. The fraction of sp³-hybridized carbons (Fsp3) is 0.350. The van der Waals surface area contributed by atoms with Crippen LogP contribution in [0, 0.1) is 5.82 Å². The zero-order valence-corrected chi connectivity index (χ0v) is 15.5. The molecule has 0 fully saturated rings. The lowest BCUT2D eigenvalue weighted by atomic mass is 9.93. The van der Waals surface area contributed by atoms with E-state index in [1.54, 1.807) is 24.3 Å². The van der Waals surface area contributed by atoms with Gasteiger partial charge in [-0.1, -0.05) is 39.8 Å². The van der Waals surface area contributed by atoms with Gasteiger partial charge in [-0.25, -0.2) is 13.9 Å². The average molecular weight is 354 g/mol. The minimum absolute atomic E-state index is 0.191. The Morgan fingerprint density at radius 1 is 1.23 bits per heavy atom. The lowest BCUT2D eigenvalue weighted by Gasteiger charge is -2.13. The van der Waals surface area contributed by atoms with E-state index in [-0.39, 0.29) is 17.1 Å². The molecule has 6 heteroatoms. The smallest absolute Gasteiger partial charge is 0.270 e. The van der Waals surface area contributed by atoms with Crippen molar-refractivity contribution in [3.63, 3.8) is 0 Å². The third-order valence-electron chi connectivity index (χ3n) is 4.11. The Labute approximate surface area is 152 Å². The van der Waals surface area contributed by atoms with Crippen LogP contribution in [0.1, 0.15) is 50.3 Å². The second kappa shape index (κ2) is 6.86. The summed E-state index contributed by atoms with van der Waals surface area (Å²) in [5.74, 6) is -0.625. The first-order valence-electron chi connectivity index (χ1n) is 8.75. The van der Waals surface area contributed by atoms with Crippen molar-refractivity contribution < 1.29 is 9.18 Å². The van der Waals surface area contributed by atoms with Gasteiger partial charge in [-0.3, -0.25) is 4.79 Å². The maximum Gasteiger partial charge on any atom is 0.270 e. The van der Waals surface area contributed by atoms with Gasteiger partial charge < -0.3 is 5.32 Å². The monoisotopic (exact) mass is 354 g/mol. The number of aromatic nitrogens is 3. The molecule has 0 aliphatic carbocycles. The van der Waals surface area contributed by atoms with Gasteiger partial charge in [-0.05, 0) is 24.6 Å². The molecule has 1 aromatic carbocycles. The molecule has 0 saturated heterocycles. The van der Waals surface area contributed by atoms with E-state index in [9.17, 15) is 9.18 Å². The van der Waals surface area contributed by atoms with Crippen LogP contribution in [0.3, 0.4) is 0 Å². The summed E-state index contributed by atoms with van der Waals surface area (Å²) in [6, 6.07) is 9.86. The van der Waals surface area contributed by atoms with Crippen molar-refractivity contribution in [1.29, 1.82) is 0 Å². The second-order valence-electron chi connectivity index (χ2n) is 7.31. The number of hydrogen-bond acceptors (Lipinski definition) is 3. The maximum atomic E-state index is 14.2. The molecule has 1 amide bonds. The van der Waals surface area contributed by atoms with Crippen molar-refractivity contribution in [3.8, 4) is 11.3 Å². The van der Waals surface area contributed by atoms with Crippen molar-refractivity contribution in [2.45, 2.75) is 39.5 Å². The Morgan fingerprint density at radius 2 is 1.96 bits per heavy atom. The first-order valence-corrected chi connectivity index (χ1v) is 8.75. The van der Waals surface area contributed by atoms with Gasteiger partial charge in [0.25, 0.3) is 5.91 Å². The number of amides is 1. The van der Waals surface area contributed by atoms with Crippen LogP contribution in [0.5, 0.6) is 0 Å². The number of benzene rings is 1. The Bertz CT molecular complexity index is 956. The molecule has 1 N–H and O–H groups in total. The average Bonchev–Trinajstić information content (AvgIpc) is 3.03. The van der Waals surface area contributed by atoms with Gasteiger partial charge in [-0.15, -0.1) is 0 Å². The maximum absolute atomic E-state index is 14.2. The van der Waals surface area contributed by atoms with Crippen LogP contribution in [-0.4, -0.2) is 27.0 Å². The molecule has 0 aliphatic heterocycles. The van der Waals surface area contributed by atoms with E-state index in [1.807, 2.05) is 33.8 Å². The van der Waals surface area contributed by atoms with E-state index in [0.717, 1.165) is 12.1 Å². The van der Waals surface area contributed by atoms with Crippen LogP contribution in [0.2, 0.25) is 0 Å². The summed E-state index contributed by atoms with van der Waals surface area (Å²) >= 11 is 0. The Balaban J connectivity index is 2.22. The number of carbonyl (C=O) groups is 1. The summed E-state index contributed by atoms with van der Waals surface area (Å²) < 4.78 is 15.8. The number of hydrogen-bond donors (Lipinski definition) is 1. The molecule has 5 nitrogen and oxygen atoms in total. The first-order chi connectivity index (χ1) is 12.3. The van der Waals surface area contributed by atoms with E-state index >= 15 is 0 Å². The third kappa shape index (κ3) is 3.45. The highest BCUT2D eigenvalue weighted by Crippen LogP contribution is 2.26. The summed E-state index contributed by atoms with van der Waals surface area (Å²) in [5.41, 5.74) is 2.27. The Kier molecular flexibility index (Phi) is 4.76. The highest BCUT2D eigenvalue weighted by molar-refractivity contribution is 5.94. The normalized spacial score (nSPS) is 11.7. The number of fused-ring (bicyclic) bond motifs is 1. The summed E-state index contributed by atoms with van der Waals surface area (Å²) in [6.07, 6.45) is 0.826. The van der Waals surface area contributed by atoms with Crippen LogP contribution >= 0.6 is 0 Å². The molecule has 2 aromatic heterocycles. The standard InChI is InChI=1S/C20H23FN4O/c1-5-10-22-19(26)16-11-15(13-8-6-7-9-14(13)21)23-18-12-17(20(2,3)4)24-25(16)18/h6-9,11-12H,5,10H2,1-4H3,(H,22,26). The van der Waals surface area contributed by atoms with Gasteiger partial charge in [0.2, 0.25) is 0 Å². The summed E-state index contributed by atoms with van der Waals surface area (Å²) in [7, 11) is 0. The van der Waals surface area contributed by atoms with Crippen molar-refractivity contribution in [3.05, 3.63) is 53.6 Å². The molecule has 26 heavy (non-hydrogen) atoms. The Morgan fingerprint density at radius 3 is 2.62 bits per heavy atom. The minimum Gasteiger partial charge on any atom is -0.351 e. The van der Waals surface area contributed by atoms with Crippen LogP contribution in [0.15, 0.2) is 36.4 Å². The van der Waals surface area contributed by atoms with E-state index in [1.165, 1.54) is 10.6 Å². The molecule has 0 aliphatic rings. The van der Waals surface area contributed by atoms with Crippen molar-refractivity contribution in [2.24, 2.45) is 0 Å². The first kappa shape index (κ1) is 18.0. The summed E-state index contributed by atoms with van der Waals surface area (Å²) in [6.45, 7) is 8.68. The number of nitrogens with zero attached hydrogens (tertiary/aromatic N) is 3. The quantitative estimate of drug-likeness (QED) is 0.771. The molecule has 0 unspecified atom stereocenters. The number of carbonyl (C=O) groups excluding carboxylic acids is 1. The molecule has 0 bridgehead atoms. The van der Waals surface area contributed by atoms with Crippen LogP contribution in [-0.2, 0) is 5.41 Å². The van der Waals surface area contributed by atoms with Crippen molar-refractivity contribution in [2.75, 3.05) is 6.54 Å². The second-order valence-corrected chi connectivity index (χ2v) is 7.31. The minimum atomic E-state index is -0.375. The molecule has 0 atom stereocenters. The molecule has 0 saturated carbocycles. The number of rotatable bonds is 4. The zero-order chi connectivity index (χ0) is 18.9. The van der Waals surface area contributed by atoms with Gasteiger partial charge in [0.1, 0.15) is 11.5 Å². The van der Waals surface area contributed by atoms with Gasteiger partial charge in [0, 0.05) is 23.6 Å². The summed E-state index contributed by atoms with van der Waals surface area (Å²) in [5, 5.41) is 7.43. The molecular weight excluding hydrogens is 331 g/mol. The molecule has 0 spiro atoms. The van der Waals surface area contributed by atoms with Gasteiger partial charge in [0.15, 0.2) is 5.65 Å². The zero-order valence-electron chi connectivity index (χ0n) is 15.5. The van der Waals surface area contributed by atoms with Crippen LogP contribution in [0.25, 0.3) is 16.9 Å². The Hall–Kier alpha value is -2.76. The van der Waals surface area contributed by atoms with Crippen LogP contribution < -0.4 is 5.32 Å². The predicted octanol–water partition coefficient (Wildman–Crippen LogP) is 3.97. The van der Waals surface area contributed by atoms with Gasteiger partial charge >= 0.3 is 0 Å². The largest absolute Gasteiger partial charge is 0.351 e. The molecule has 3 aromatic rings. The lowest BCUT2D eigenvalue weighted by molar-refractivity contribution is 0.0946. The molecule has 2 heterocycles. The molecule has 136 valence electrons. The highest BCUT2D eigenvalue weighted by atomic mass is 19.1. The topological polar surface area (TPSA) is 59.3 Å². The predicted molar refractivity (Wildman–Crippen MR) is 99.7 cm³/mol. The number of nitrogens with one attached hydrogen (secondary N) is 1. The van der Waals surface area contributed by atoms with Crippen molar-refractivity contribution >= 4 is 11.6 Å². The third-order valence-corrected chi connectivity index (χ3v) is 4.11. The van der Waals surface area contributed by atoms with Crippen LogP contribution in [0.4, 0.5) is 4.39 Å². The van der Waals surface area contributed by atoms with E-state index in [0.29, 0.717) is 29.1 Å². The molecule has 3 rings (SSSR count). The van der Waals surface area contributed by atoms with E-state index < -0.39 is 0 Å².